The van der Waals surface area contributed by atoms with Crippen molar-refractivity contribution in [1.29, 1.82) is 0 Å². The topological polar surface area (TPSA) is 75.7 Å². The summed E-state index contributed by atoms with van der Waals surface area (Å²) in [5.74, 6) is 0.228. The Hall–Kier alpha value is -2.38. The molecule has 0 aromatic heterocycles. The number of amides is 1. The van der Waals surface area contributed by atoms with E-state index in [1.165, 1.54) is 16.4 Å². The zero-order chi connectivity index (χ0) is 19.3. The van der Waals surface area contributed by atoms with Gasteiger partial charge in [-0.05, 0) is 49.6 Å². The molecule has 1 aliphatic heterocycles. The summed E-state index contributed by atoms with van der Waals surface area (Å²) in [5.41, 5.74) is 2.17. The van der Waals surface area contributed by atoms with Crippen molar-refractivity contribution < 1.29 is 17.9 Å². The lowest BCUT2D eigenvalue weighted by atomic mass is 10.1. The number of aryl methyl sites for hydroxylation is 1. The van der Waals surface area contributed by atoms with Crippen molar-refractivity contribution in [3.8, 4) is 5.75 Å². The standard InChI is InChI=1S/C20H24N2O4S/c1-16-5-4-6-17(13-16)14-21-20(23)15-26-18-7-9-19(10-8-18)27(24,25)22-11-2-3-12-22/h4-10,13H,2-3,11-12,14-15H2,1H3,(H,21,23). The lowest BCUT2D eigenvalue weighted by Gasteiger charge is -2.15. The predicted octanol–water partition coefficient (Wildman–Crippen LogP) is 2.47. The van der Waals surface area contributed by atoms with Gasteiger partial charge in [0.05, 0.1) is 4.90 Å². The molecule has 0 unspecified atom stereocenters. The van der Waals surface area contributed by atoms with Crippen LogP contribution < -0.4 is 10.1 Å². The molecule has 1 fully saturated rings. The maximum absolute atomic E-state index is 12.5. The van der Waals surface area contributed by atoms with Crippen molar-refractivity contribution in [3.05, 3.63) is 59.7 Å². The van der Waals surface area contributed by atoms with Crippen molar-refractivity contribution in [2.24, 2.45) is 0 Å². The van der Waals surface area contributed by atoms with E-state index in [4.69, 9.17) is 4.74 Å². The van der Waals surface area contributed by atoms with Crippen LogP contribution in [-0.4, -0.2) is 38.3 Å². The predicted molar refractivity (Wildman–Crippen MR) is 103 cm³/mol. The monoisotopic (exact) mass is 388 g/mol. The number of nitrogens with zero attached hydrogens (tertiary/aromatic N) is 1. The molecular weight excluding hydrogens is 364 g/mol. The van der Waals surface area contributed by atoms with Gasteiger partial charge in [0.2, 0.25) is 10.0 Å². The molecule has 7 heteroatoms. The molecule has 0 radical (unpaired) electrons. The highest BCUT2D eigenvalue weighted by Crippen LogP contribution is 2.22. The molecule has 1 amide bonds. The molecule has 1 saturated heterocycles. The molecule has 1 aliphatic rings. The summed E-state index contributed by atoms with van der Waals surface area (Å²) in [6.45, 7) is 3.46. The first-order valence-electron chi connectivity index (χ1n) is 9.00. The van der Waals surface area contributed by atoms with Crippen molar-refractivity contribution >= 4 is 15.9 Å². The smallest absolute Gasteiger partial charge is 0.258 e. The van der Waals surface area contributed by atoms with Crippen LogP contribution in [0.15, 0.2) is 53.4 Å². The van der Waals surface area contributed by atoms with Crippen LogP contribution >= 0.6 is 0 Å². The van der Waals surface area contributed by atoms with E-state index in [0.29, 0.717) is 25.4 Å². The van der Waals surface area contributed by atoms with Gasteiger partial charge in [0.15, 0.2) is 6.61 Å². The molecule has 6 nitrogen and oxygen atoms in total. The van der Waals surface area contributed by atoms with Crippen molar-refractivity contribution in [2.75, 3.05) is 19.7 Å². The van der Waals surface area contributed by atoms with Crippen LogP contribution in [-0.2, 0) is 21.4 Å². The van der Waals surface area contributed by atoms with E-state index in [0.717, 1.165) is 24.0 Å². The zero-order valence-electron chi connectivity index (χ0n) is 15.3. The molecule has 0 atom stereocenters. The second-order valence-corrected chi connectivity index (χ2v) is 8.57. The maximum atomic E-state index is 12.5. The Morgan fingerprint density at radius 3 is 2.48 bits per heavy atom. The van der Waals surface area contributed by atoms with Crippen LogP contribution in [0.5, 0.6) is 5.75 Å². The molecule has 1 N–H and O–H groups in total. The first-order chi connectivity index (χ1) is 12.9. The minimum atomic E-state index is -3.43. The molecule has 2 aromatic rings. The fraction of sp³-hybridized carbons (Fsp3) is 0.350. The molecule has 1 heterocycles. The van der Waals surface area contributed by atoms with Crippen molar-refractivity contribution in [3.63, 3.8) is 0 Å². The molecule has 27 heavy (non-hydrogen) atoms. The van der Waals surface area contributed by atoms with Gasteiger partial charge in [-0.15, -0.1) is 0 Å². The largest absolute Gasteiger partial charge is 0.484 e. The summed E-state index contributed by atoms with van der Waals surface area (Å²) in [5, 5.41) is 2.80. The Kier molecular flexibility index (Phi) is 6.13. The Bertz CT molecular complexity index is 888. The van der Waals surface area contributed by atoms with Crippen LogP contribution in [0.1, 0.15) is 24.0 Å². The molecule has 0 spiro atoms. The number of hydrogen-bond acceptors (Lipinski definition) is 4. The van der Waals surface area contributed by atoms with Gasteiger partial charge in [-0.1, -0.05) is 29.8 Å². The average Bonchev–Trinajstić information content (AvgIpc) is 3.21. The van der Waals surface area contributed by atoms with Gasteiger partial charge in [0.1, 0.15) is 5.75 Å². The number of rotatable bonds is 7. The minimum absolute atomic E-state index is 0.121. The SMILES string of the molecule is Cc1cccc(CNC(=O)COc2ccc(S(=O)(=O)N3CCCC3)cc2)c1. The van der Waals surface area contributed by atoms with Crippen LogP contribution in [0.25, 0.3) is 0 Å². The summed E-state index contributed by atoms with van der Waals surface area (Å²) < 4.78 is 31.9. The Labute approximate surface area is 160 Å². The third-order valence-corrected chi connectivity index (χ3v) is 6.38. The van der Waals surface area contributed by atoms with E-state index >= 15 is 0 Å². The number of sulfonamides is 1. The molecule has 2 aromatic carbocycles. The van der Waals surface area contributed by atoms with E-state index in [1.54, 1.807) is 12.1 Å². The van der Waals surface area contributed by atoms with Crippen LogP contribution in [0.3, 0.4) is 0 Å². The second kappa shape index (κ2) is 8.54. The normalized spacial score (nSPS) is 14.9. The third-order valence-electron chi connectivity index (χ3n) is 4.47. The zero-order valence-corrected chi connectivity index (χ0v) is 16.2. The van der Waals surface area contributed by atoms with E-state index in [2.05, 4.69) is 5.32 Å². The van der Waals surface area contributed by atoms with E-state index in [-0.39, 0.29) is 17.4 Å². The highest BCUT2D eigenvalue weighted by molar-refractivity contribution is 7.89. The number of nitrogens with one attached hydrogen (secondary N) is 1. The van der Waals surface area contributed by atoms with E-state index < -0.39 is 10.0 Å². The van der Waals surface area contributed by atoms with Gasteiger partial charge in [0.25, 0.3) is 5.91 Å². The molecule has 0 saturated carbocycles. The summed E-state index contributed by atoms with van der Waals surface area (Å²) in [6.07, 6.45) is 1.80. The fourth-order valence-electron chi connectivity index (χ4n) is 3.01. The Morgan fingerprint density at radius 1 is 1.11 bits per heavy atom. The number of carbonyl (C=O) groups is 1. The quantitative estimate of drug-likeness (QED) is 0.791. The number of carbonyl (C=O) groups excluding carboxylic acids is 1. The molecule has 0 aliphatic carbocycles. The Balaban J connectivity index is 1.50. The highest BCUT2D eigenvalue weighted by atomic mass is 32.2. The molecular formula is C20H24N2O4S. The number of benzene rings is 2. The third kappa shape index (κ3) is 5.08. The fourth-order valence-corrected chi connectivity index (χ4v) is 4.53. The number of ether oxygens (including phenoxy) is 1. The van der Waals surface area contributed by atoms with Gasteiger partial charge in [-0.3, -0.25) is 4.79 Å². The summed E-state index contributed by atoms with van der Waals surface area (Å²) >= 11 is 0. The first-order valence-corrected chi connectivity index (χ1v) is 10.4. The van der Waals surface area contributed by atoms with Crippen LogP contribution in [0, 0.1) is 6.92 Å². The van der Waals surface area contributed by atoms with Gasteiger partial charge >= 0.3 is 0 Å². The van der Waals surface area contributed by atoms with Crippen LogP contribution in [0.4, 0.5) is 0 Å². The van der Waals surface area contributed by atoms with E-state index in [9.17, 15) is 13.2 Å². The maximum Gasteiger partial charge on any atom is 0.258 e. The first kappa shape index (κ1) is 19.4. The lowest BCUT2D eigenvalue weighted by Crippen LogP contribution is -2.28. The van der Waals surface area contributed by atoms with Crippen molar-refractivity contribution in [1.82, 2.24) is 9.62 Å². The highest BCUT2D eigenvalue weighted by Gasteiger charge is 2.26. The van der Waals surface area contributed by atoms with Gasteiger partial charge in [0, 0.05) is 19.6 Å². The summed E-state index contributed by atoms with van der Waals surface area (Å²) in [4.78, 5) is 12.2. The van der Waals surface area contributed by atoms with Crippen molar-refractivity contribution in [2.45, 2.75) is 31.2 Å². The molecule has 0 bridgehead atoms. The minimum Gasteiger partial charge on any atom is -0.484 e. The summed E-state index contributed by atoms with van der Waals surface area (Å²) in [7, 11) is -3.43. The van der Waals surface area contributed by atoms with E-state index in [1.807, 2.05) is 31.2 Å². The van der Waals surface area contributed by atoms with Gasteiger partial charge in [-0.2, -0.15) is 4.31 Å². The van der Waals surface area contributed by atoms with Gasteiger partial charge in [-0.25, -0.2) is 8.42 Å². The van der Waals surface area contributed by atoms with Gasteiger partial charge < -0.3 is 10.1 Å². The average molecular weight is 388 g/mol. The number of hydrogen-bond donors (Lipinski definition) is 1. The molecule has 144 valence electrons. The Morgan fingerprint density at radius 2 is 1.81 bits per heavy atom. The lowest BCUT2D eigenvalue weighted by molar-refractivity contribution is -0.123. The van der Waals surface area contributed by atoms with Crippen LogP contribution in [0.2, 0.25) is 0 Å². The summed E-state index contributed by atoms with van der Waals surface area (Å²) in [6, 6.07) is 14.1. The second-order valence-electron chi connectivity index (χ2n) is 6.64. The molecule has 3 rings (SSSR count).